The van der Waals surface area contributed by atoms with Gasteiger partial charge in [0.25, 0.3) is 0 Å². The zero-order valence-corrected chi connectivity index (χ0v) is 51.6. The van der Waals surface area contributed by atoms with E-state index in [0.29, 0.717) is 59.8 Å². The third-order valence-electron chi connectivity index (χ3n) is 12.3. The maximum Gasteiger partial charge on any atom is 0.373 e. The van der Waals surface area contributed by atoms with Gasteiger partial charge in [0.05, 0.1) is 38.1 Å². The Kier molecular flexibility index (Phi) is 48.9. The van der Waals surface area contributed by atoms with Crippen molar-refractivity contribution in [3.8, 4) is 0 Å². The van der Waals surface area contributed by atoms with Crippen LogP contribution in [-0.2, 0) is 71.5 Å². The number of piperidine rings is 3. The third-order valence-corrected chi connectivity index (χ3v) is 17.5. The molecule has 0 spiro atoms. The fraction of sp³-hybridized carbons (Fsp3) is 0.938. The molecule has 21 nitrogen and oxygen atoms in total. The molecule has 75 heavy (non-hydrogen) atoms. The molecule has 435 valence electrons. The van der Waals surface area contributed by atoms with Gasteiger partial charge in [-0.2, -0.15) is 28.8 Å². The van der Waals surface area contributed by atoms with E-state index >= 15 is 0 Å². The monoisotopic (exact) mass is 1120 g/mol. The minimum atomic E-state index is -1.04. The van der Waals surface area contributed by atoms with Crippen LogP contribution < -0.4 is 0 Å². The van der Waals surface area contributed by atoms with Crippen LogP contribution in [0.4, 0.5) is 0 Å². The Bertz CT molecular complexity index is 1290. The van der Waals surface area contributed by atoms with Crippen LogP contribution in [0.5, 0.6) is 0 Å². The summed E-state index contributed by atoms with van der Waals surface area (Å²) in [6, 6.07) is 3.44. The van der Waals surface area contributed by atoms with Crippen molar-refractivity contribution < 1.29 is 86.8 Å². The summed E-state index contributed by atoms with van der Waals surface area (Å²) in [4.78, 5) is 48.8. The molecule has 0 unspecified atom stereocenters. The van der Waals surface area contributed by atoms with Gasteiger partial charge in [-0.3, -0.25) is 0 Å². The first-order valence-corrected chi connectivity index (χ1v) is 37.5. The molecule has 0 saturated carbocycles. The van der Waals surface area contributed by atoms with Crippen LogP contribution in [0.15, 0.2) is 0 Å². The Morgan fingerprint density at radius 1 is 0.400 bits per heavy atom. The number of hydroxylamine groups is 6. The van der Waals surface area contributed by atoms with E-state index in [1.54, 1.807) is 22.4 Å². The van der Waals surface area contributed by atoms with Gasteiger partial charge in [0.1, 0.15) is 20.4 Å². The zero-order chi connectivity index (χ0) is 57.9. The topological polar surface area (TPSA) is 256 Å². The highest BCUT2D eigenvalue weighted by Gasteiger charge is 2.37. The SMILES string of the molecule is C[B]ON1C[C@@H](CC)[C@@H](O)[C@@H](COCOCC[Si](C)(C)C)C1.C[B]ON1C[C@@H](CC)[C@H](O)[C@@H](COCOCC[Si](C)(C)C)C1.C[B]ON1C[C@H](CC)[C@H](O)[C@@H](COCOCC[Si](C)(C)C)C1.O=C=O.O=C=O.O=C=O. The lowest BCUT2D eigenvalue weighted by Crippen LogP contribution is -2.50. The normalized spacial score (nSPS) is 24.2. The molecular weight excluding hydrogens is 1020 g/mol. The van der Waals surface area contributed by atoms with Crippen molar-refractivity contribution in [2.45, 2.75) is 156 Å². The molecule has 9 atom stereocenters. The van der Waals surface area contributed by atoms with E-state index in [9.17, 15) is 15.3 Å². The second-order valence-corrected chi connectivity index (χ2v) is 39.1. The van der Waals surface area contributed by atoms with Gasteiger partial charge >= 0.3 is 40.9 Å². The Morgan fingerprint density at radius 2 is 0.600 bits per heavy atom. The molecule has 3 aliphatic heterocycles. The molecule has 3 saturated heterocycles. The van der Waals surface area contributed by atoms with E-state index in [0.717, 1.165) is 76.8 Å². The lowest BCUT2D eigenvalue weighted by atomic mass is 9.85. The Labute approximate surface area is 456 Å². The standard InChI is InChI=1S/3C15H33BNO4Si.3CO2/c3*1-6-13-9-17(21-16-2)10-14(15(13)18)11-20-12-19-7-8-22(3,4)5;3*2-1-3/h3*13-15,18H,6-12H2,1-5H3;;;/t13-,14+,15-;13-,14-,15+;13-,14-,15-;;;/m011.../s1. The largest absolute Gasteiger partial charge is 0.392 e. The van der Waals surface area contributed by atoms with Crippen LogP contribution >= 0.6 is 0 Å². The molecule has 3 heterocycles. The number of ether oxygens (including phenoxy) is 6. The maximum absolute atomic E-state index is 10.4. The highest BCUT2D eigenvalue weighted by Crippen LogP contribution is 2.28. The molecule has 0 bridgehead atoms. The molecule has 3 aliphatic rings. The van der Waals surface area contributed by atoms with Gasteiger partial charge in [-0.05, 0) is 55.1 Å². The molecule has 3 rings (SSSR count). The molecule has 0 aromatic heterocycles. The van der Waals surface area contributed by atoms with Gasteiger partial charge in [0.15, 0.2) is 0 Å². The van der Waals surface area contributed by atoms with Gasteiger partial charge in [0, 0.05) is 101 Å². The molecule has 0 aliphatic carbocycles. The summed E-state index contributed by atoms with van der Waals surface area (Å²) in [7, 11) is 1.93. The second-order valence-electron chi connectivity index (χ2n) is 22.2. The summed E-state index contributed by atoms with van der Waals surface area (Å²) < 4.78 is 50.0. The molecular formula is C48H99B3N3O18Si3. The fourth-order valence-corrected chi connectivity index (χ4v) is 10.2. The van der Waals surface area contributed by atoms with Crippen LogP contribution in [0.25, 0.3) is 0 Å². The molecule has 0 aromatic carbocycles. The van der Waals surface area contributed by atoms with Gasteiger partial charge in [-0.15, -0.1) is 0 Å². The van der Waals surface area contributed by atoms with E-state index in [1.807, 2.05) is 35.7 Å². The van der Waals surface area contributed by atoms with E-state index in [1.165, 1.54) is 0 Å². The summed E-state index contributed by atoms with van der Waals surface area (Å²) >= 11 is 0. The van der Waals surface area contributed by atoms with Gasteiger partial charge in [-0.25, -0.2) is 15.2 Å². The number of aliphatic hydroxyl groups excluding tert-OH is 3. The fourth-order valence-electron chi connectivity index (χ4n) is 7.95. The van der Waals surface area contributed by atoms with Crippen molar-refractivity contribution in [1.82, 2.24) is 15.2 Å². The lowest BCUT2D eigenvalue weighted by molar-refractivity contribution is -0.193. The zero-order valence-electron chi connectivity index (χ0n) is 48.6. The van der Waals surface area contributed by atoms with Crippen LogP contribution in [0.2, 0.25) is 97.5 Å². The maximum atomic E-state index is 10.4. The van der Waals surface area contributed by atoms with Crippen molar-refractivity contribution in [2.75, 3.05) is 99.3 Å². The van der Waals surface area contributed by atoms with Crippen LogP contribution in [0.3, 0.4) is 0 Å². The number of hydrogen-bond acceptors (Lipinski definition) is 21. The van der Waals surface area contributed by atoms with Crippen LogP contribution in [0, 0.1) is 35.5 Å². The Hall–Kier alpha value is -1.61. The van der Waals surface area contributed by atoms with E-state index in [-0.39, 0.29) is 72.3 Å². The number of carbonyl (C=O) groups excluding carboxylic acids is 6. The average molecular weight is 1120 g/mol. The minimum Gasteiger partial charge on any atom is -0.392 e. The number of aliphatic hydroxyl groups is 3. The first kappa shape index (κ1) is 77.6. The second kappa shape index (κ2) is 47.2. The van der Waals surface area contributed by atoms with Gasteiger partial charge in [0.2, 0.25) is 0 Å². The Morgan fingerprint density at radius 3 is 0.773 bits per heavy atom. The minimum absolute atomic E-state index is 0.0687. The number of nitrogens with zero attached hydrogens (tertiary/aromatic N) is 3. The summed E-state index contributed by atoms with van der Waals surface area (Å²) in [6.07, 6.45) is 2.58. The lowest BCUT2D eigenvalue weighted by Gasteiger charge is -2.40. The highest BCUT2D eigenvalue weighted by molar-refractivity contribution is 6.76. The quantitative estimate of drug-likeness (QED) is 0.0489. The van der Waals surface area contributed by atoms with Gasteiger partial charge in [-0.1, -0.05) is 100 Å². The van der Waals surface area contributed by atoms with Crippen molar-refractivity contribution in [3.63, 3.8) is 0 Å². The molecule has 0 amide bonds. The first-order valence-electron chi connectivity index (χ1n) is 26.4. The molecule has 3 N–H and O–H groups in total. The molecule has 27 heteroatoms. The third kappa shape index (κ3) is 42.9. The Balaban J connectivity index is -0.000000957. The predicted octanol–water partition coefficient (Wildman–Crippen LogP) is 4.95. The number of rotatable bonds is 30. The summed E-state index contributed by atoms with van der Waals surface area (Å²) in [5.74, 6) is 0.901. The van der Waals surface area contributed by atoms with Crippen molar-refractivity contribution in [3.05, 3.63) is 0 Å². The van der Waals surface area contributed by atoms with E-state index in [2.05, 4.69) is 79.7 Å². The summed E-state index contributed by atoms with van der Waals surface area (Å²) in [5.41, 5.74) is 0. The summed E-state index contributed by atoms with van der Waals surface area (Å²) in [5, 5.41) is 37.0. The van der Waals surface area contributed by atoms with Crippen molar-refractivity contribution in [1.29, 1.82) is 0 Å². The first-order chi connectivity index (χ1) is 35.4. The van der Waals surface area contributed by atoms with Crippen LogP contribution in [0.1, 0.15) is 40.0 Å². The summed E-state index contributed by atoms with van der Waals surface area (Å²) in [6.45, 7) is 42.0. The molecule has 0 aromatic rings. The van der Waals surface area contributed by atoms with E-state index < -0.39 is 24.2 Å². The number of hydrogen-bond donors (Lipinski definition) is 3. The highest BCUT2D eigenvalue weighted by atomic mass is 28.3. The van der Waals surface area contributed by atoms with Gasteiger partial charge < -0.3 is 58.0 Å². The molecule has 3 fully saturated rings. The van der Waals surface area contributed by atoms with Crippen molar-refractivity contribution >= 4 is 65.1 Å². The average Bonchev–Trinajstić information content (AvgIpc) is 3.32. The smallest absolute Gasteiger partial charge is 0.373 e. The predicted molar refractivity (Wildman–Crippen MR) is 292 cm³/mol. The van der Waals surface area contributed by atoms with E-state index in [4.69, 9.17) is 71.5 Å². The van der Waals surface area contributed by atoms with Crippen LogP contribution in [-0.4, -0.2) is 213 Å². The van der Waals surface area contributed by atoms with Crippen molar-refractivity contribution in [2.24, 2.45) is 35.5 Å². The molecule has 3 radical (unpaired) electrons.